The average molecular weight is 191 g/mol. The molecule has 3 N–H and O–H groups in total. The van der Waals surface area contributed by atoms with E-state index in [1.165, 1.54) is 6.42 Å². The zero-order valence-electron chi connectivity index (χ0n) is 7.86. The van der Waals surface area contributed by atoms with E-state index >= 15 is 0 Å². The smallest absolute Gasteiger partial charge is 0.267 e. The van der Waals surface area contributed by atoms with Gasteiger partial charge in [-0.05, 0) is 18.6 Å². The van der Waals surface area contributed by atoms with Crippen LogP contribution in [0.5, 0.6) is 0 Å². The van der Waals surface area contributed by atoms with Crippen molar-refractivity contribution in [1.29, 1.82) is 0 Å². The van der Waals surface area contributed by atoms with Crippen molar-refractivity contribution in [2.45, 2.75) is 6.42 Å². The summed E-state index contributed by atoms with van der Waals surface area (Å²) in [5, 5.41) is 0. The Morgan fingerprint density at radius 2 is 2.07 bits per heavy atom. The lowest BCUT2D eigenvalue weighted by molar-refractivity contribution is 0.0954. The van der Waals surface area contributed by atoms with Gasteiger partial charge in [0, 0.05) is 18.8 Å². The predicted molar refractivity (Wildman–Crippen MR) is 54.9 cm³/mol. The Bertz CT molecular complexity index is 347. The molecule has 1 aromatic rings. The Labute approximate surface area is 82.7 Å². The SMILES string of the molecule is NNC(=O)c1ccccc1N1CCC1. The van der Waals surface area contributed by atoms with Crippen LogP contribution in [0.3, 0.4) is 0 Å². The van der Waals surface area contributed by atoms with Gasteiger partial charge in [-0.15, -0.1) is 0 Å². The number of carbonyl (C=O) groups excluding carboxylic acids is 1. The number of hydrogen-bond acceptors (Lipinski definition) is 3. The van der Waals surface area contributed by atoms with Crippen LogP contribution in [-0.4, -0.2) is 19.0 Å². The Balaban J connectivity index is 2.32. The van der Waals surface area contributed by atoms with E-state index in [-0.39, 0.29) is 5.91 Å². The zero-order chi connectivity index (χ0) is 9.97. The van der Waals surface area contributed by atoms with E-state index < -0.39 is 0 Å². The van der Waals surface area contributed by atoms with Crippen LogP contribution in [0.15, 0.2) is 24.3 Å². The van der Waals surface area contributed by atoms with Gasteiger partial charge in [0.15, 0.2) is 0 Å². The van der Waals surface area contributed by atoms with E-state index in [2.05, 4.69) is 10.3 Å². The first-order chi connectivity index (χ1) is 6.83. The third kappa shape index (κ3) is 1.44. The van der Waals surface area contributed by atoms with Crippen molar-refractivity contribution >= 4 is 11.6 Å². The lowest BCUT2D eigenvalue weighted by atomic mass is 10.1. The normalized spacial score (nSPS) is 14.8. The van der Waals surface area contributed by atoms with Crippen molar-refractivity contribution < 1.29 is 4.79 Å². The maximum atomic E-state index is 11.4. The van der Waals surface area contributed by atoms with Crippen molar-refractivity contribution in [2.24, 2.45) is 5.84 Å². The molecule has 0 radical (unpaired) electrons. The monoisotopic (exact) mass is 191 g/mol. The largest absolute Gasteiger partial charge is 0.371 e. The second-order valence-electron chi connectivity index (χ2n) is 3.33. The maximum absolute atomic E-state index is 11.4. The summed E-state index contributed by atoms with van der Waals surface area (Å²) in [4.78, 5) is 13.6. The molecule has 1 aliphatic heterocycles. The summed E-state index contributed by atoms with van der Waals surface area (Å²) in [5.74, 6) is 4.89. The topological polar surface area (TPSA) is 58.4 Å². The van der Waals surface area contributed by atoms with Crippen LogP contribution >= 0.6 is 0 Å². The molecule has 1 fully saturated rings. The molecule has 74 valence electrons. The summed E-state index contributed by atoms with van der Waals surface area (Å²) >= 11 is 0. The molecule has 1 aliphatic rings. The van der Waals surface area contributed by atoms with Crippen molar-refractivity contribution in [2.75, 3.05) is 18.0 Å². The number of benzene rings is 1. The molecule has 14 heavy (non-hydrogen) atoms. The van der Waals surface area contributed by atoms with Gasteiger partial charge in [0.25, 0.3) is 5.91 Å². The van der Waals surface area contributed by atoms with E-state index in [0.29, 0.717) is 5.56 Å². The Morgan fingerprint density at radius 1 is 1.36 bits per heavy atom. The summed E-state index contributed by atoms with van der Waals surface area (Å²) in [6.45, 7) is 2.05. The number of para-hydroxylation sites is 1. The molecule has 2 rings (SSSR count). The van der Waals surface area contributed by atoms with E-state index in [9.17, 15) is 4.79 Å². The molecule has 1 aromatic carbocycles. The van der Waals surface area contributed by atoms with Crippen LogP contribution in [0.1, 0.15) is 16.8 Å². The lowest BCUT2D eigenvalue weighted by Crippen LogP contribution is -2.39. The fourth-order valence-electron chi connectivity index (χ4n) is 1.58. The highest BCUT2D eigenvalue weighted by Crippen LogP contribution is 2.24. The van der Waals surface area contributed by atoms with Crippen molar-refractivity contribution in [1.82, 2.24) is 5.43 Å². The number of nitrogens with one attached hydrogen (secondary N) is 1. The van der Waals surface area contributed by atoms with Crippen molar-refractivity contribution in [3.63, 3.8) is 0 Å². The van der Waals surface area contributed by atoms with Crippen LogP contribution in [0.2, 0.25) is 0 Å². The highest BCUT2D eigenvalue weighted by molar-refractivity contribution is 5.99. The van der Waals surface area contributed by atoms with Gasteiger partial charge >= 0.3 is 0 Å². The van der Waals surface area contributed by atoms with E-state index in [1.807, 2.05) is 18.2 Å². The number of amides is 1. The van der Waals surface area contributed by atoms with Gasteiger partial charge in [-0.2, -0.15) is 0 Å². The molecule has 0 spiro atoms. The first-order valence-corrected chi connectivity index (χ1v) is 4.68. The Hall–Kier alpha value is -1.55. The van der Waals surface area contributed by atoms with Gasteiger partial charge in [0.05, 0.1) is 5.56 Å². The summed E-state index contributed by atoms with van der Waals surface area (Å²) in [5.41, 5.74) is 3.78. The standard InChI is InChI=1S/C10H13N3O/c11-12-10(14)8-4-1-2-5-9(8)13-6-3-7-13/h1-2,4-5H,3,6-7,11H2,(H,12,14). The van der Waals surface area contributed by atoms with E-state index in [0.717, 1.165) is 18.8 Å². The molecule has 0 unspecified atom stereocenters. The molecule has 0 aromatic heterocycles. The van der Waals surface area contributed by atoms with Gasteiger partial charge in [0.1, 0.15) is 0 Å². The van der Waals surface area contributed by atoms with Crippen LogP contribution < -0.4 is 16.2 Å². The van der Waals surface area contributed by atoms with Gasteiger partial charge in [-0.25, -0.2) is 5.84 Å². The van der Waals surface area contributed by atoms with Gasteiger partial charge in [-0.1, -0.05) is 12.1 Å². The molecule has 0 saturated carbocycles. The number of hydrazine groups is 1. The molecule has 0 atom stereocenters. The summed E-state index contributed by atoms with van der Waals surface area (Å²) in [7, 11) is 0. The molecule has 1 amide bonds. The fourth-order valence-corrected chi connectivity index (χ4v) is 1.58. The van der Waals surface area contributed by atoms with Gasteiger partial charge < -0.3 is 4.90 Å². The van der Waals surface area contributed by atoms with Gasteiger partial charge in [-0.3, -0.25) is 10.2 Å². The second-order valence-corrected chi connectivity index (χ2v) is 3.33. The average Bonchev–Trinajstić information content (AvgIpc) is 2.15. The summed E-state index contributed by atoms with van der Waals surface area (Å²) in [6, 6.07) is 7.51. The second kappa shape index (κ2) is 3.67. The molecule has 1 saturated heterocycles. The van der Waals surface area contributed by atoms with Crippen LogP contribution in [0.25, 0.3) is 0 Å². The number of rotatable bonds is 2. The number of carbonyl (C=O) groups is 1. The minimum atomic E-state index is -0.229. The molecule has 0 aliphatic carbocycles. The first kappa shape index (κ1) is 9.02. The molecule has 0 bridgehead atoms. The number of anilines is 1. The molecule has 4 nitrogen and oxygen atoms in total. The number of nitrogens with two attached hydrogens (primary N) is 1. The molecule has 1 heterocycles. The molecule has 4 heteroatoms. The highest BCUT2D eigenvalue weighted by atomic mass is 16.2. The minimum absolute atomic E-state index is 0.229. The lowest BCUT2D eigenvalue weighted by Gasteiger charge is -2.34. The van der Waals surface area contributed by atoms with Crippen molar-refractivity contribution in [3.8, 4) is 0 Å². The summed E-state index contributed by atoms with van der Waals surface area (Å²) in [6.07, 6.45) is 1.19. The van der Waals surface area contributed by atoms with Crippen molar-refractivity contribution in [3.05, 3.63) is 29.8 Å². The molecular formula is C10H13N3O. The van der Waals surface area contributed by atoms with Crippen LogP contribution in [-0.2, 0) is 0 Å². The zero-order valence-corrected chi connectivity index (χ0v) is 7.86. The minimum Gasteiger partial charge on any atom is -0.371 e. The summed E-state index contributed by atoms with van der Waals surface area (Å²) < 4.78 is 0. The Morgan fingerprint density at radius 3 is 2.64 bits per heavy atom. The molecular weight excluding hydrogens is 178 g/mol. The maximum Gasteiger partial charge on any atom is 0.267 e. The predicted octanol–water partition coefficient (Wildman–Crippen LogP) is 0.500. The Kier molecular flexibility index (Phi) is 2.37. The fraction of sp³-hybridized carbons (Fsp3) is 0.300. The third-order valence-electron chi connectivity index (χ3n) is 2.48. The number of nitrogen functional groups attached to an aromatic ring is 1. The van der Waals surface area contributed by atoms with E-state index in [1.54, 1.807) is 6.07 Å². The van der Waals surface area contributed by atoms with E-state index in [4.69, 9.17) is 5.84 Å². The quantitative estimate of drug-likeness (QED) is 0.406. The number of hydrogen-bond donors (Lipinski definition) is 2. The van der Waals surface area contributed by atoms with Crippen LogP contribution in [0, 0.1) is 0 Å². The number of nitrogens with zero attached hydrogens (tertiary/aromatic N) is 1. The van der Waals surface area contributed by atoms with Gasteiger partial charge in [0.2, 0.25) is 0 Å². The highest BCUT2D eigenvalue weighted by Gasteiger charge is 2.19. The first-order valence-electron chi connectivity index (χ1n) is 4.68. The third-order valence-corrected chi connectivity index (χ3v) is 2.48. The van der Waals surface area contributed by atoms with Crippen LogP contribution in [0.4, 0.5) is 5.69 Å².